The van der Waals surface area contributed by atoms with Gasteiger partial charge in [-0.1, -0.05) is 17.7 Å². The van der Waals surface area contributed by atoms with E-state index >= 15 is 0 Å². The van der Waals surface area contributed by atoms with E-state index in [1.54, 1.807) is 0 Å². The zero-order valence-corrected chi connectivity index (χ0v) is 16.0. The quantitative estimate of drug-likeness (QED) is 0.749. The van der Waals surface area contributed by atoms with Gasteiger partial charge in [-0.05, 0) is 69.0 Å². The fraction of sp³-hybridized carbons (Fsp3) is 0.429. The molecule has 0 aromatic carbocycles. The number of ether oxygens (including phenoxy) is 1. The number of nitrogens with one attached hydrogen (secondary N) is 1. The second kappa shape index (κ2) is 6.89. The van der Waals surface area contributed by atoms with Crippen LogP contribution in [0.4, 0.5) is 0 Å². The summed E-state index contributed by atoms with van der Waals surface area (Å²) in [7, 11) is 0. The van der Waals surface area contributed by atoms with Crippen LogP contribution >= 0.6 is 11.6 Å². The number of imidazole rings is 1. The molecule has 2 fully saturated rings. The minimum absolute atomic E-state index is 0.103. The summed E-state index contributed by atoms with van der Waals surface area (Å²) in [6, 6.07) is 10.0. The molecule has 2 saturated heterocycles. The Labute approximate surface area is 163 Å². The van der Waals surface area contributed by atoms with Crippen LogP contribution in [0.5, 0.6) is 0 Å². The third kappa shape index (κ3) is 3.35. The van der Waals surface area contributed by atoms with Crippen LogP contribution in [-0.4, -0.2) is 39.7 Å². The number of rotatable bonds is 3. The number of nitrogens with zero attached hydrogens (tertiary/aromatic N) is 3. The van der Waals surface area contributed by atoms with Crippen molar-refractivity contribution in [1.29, 1.82) is 0 Å². The van der Waals surface area contributed by atoms with Gasteiger partial charge in [-0.25, -0.2) is 4.98 Å². The van der Waals surface area contributed by atoms with E-state index in [0.717, 1.165) is 68.1 Å². The van der Waals surface area contributed by atoms with Gasteiger partial charge in [-0.15, -0.1) is 0 Å². The van der Waals surface area contributed by atoms with E-state index in [2.05, 4.69) is 22.4 Å². The van der Waals surface area contributed by atoms with Crippen LogP contribution in [0.1, 0.15) is 25.0 Å². The molecule has 140 valence electrons. The Kier molecular flexibility index (Phi) is 4.38. The van der Waals surface area contributed by atoms with Crippen LogP contribution in [0, 0.1) is 5.92 Å². The van der Waals surface area contributed by atoms with E-state index < -0.39 is 0 Å². The highest BCUT2D eigenvalue weighted by Crippen LogP contribution is 2.38. The molecule has 1 spiro atoms. The number of hydrogen-bond acceptors (Lipinski definition) is 4. The molecule has 0 aliphatic carbocycles. The average Bonchev–Trinajstić information content (AvgIpc) is 3.27. The minimum atomic E-state index is 0.103. The minimum Gasteiger partial charge on any atom is -0.375 e. The fourth-order valence-electron chi connectivity index (χ4n) is 4.48. The average molecular weight is 383 g/mol. The molecular weight excluding hydrogens is 360 g/mol. The monoisotopic (exact) mass is 382 g/mol. The van der Waals surface area contributed by atoms with E-state index in [1.807, 2.05) is 35.0 Å². The maximum Gasteiger partial charge on any atom is 0.137 e. The molecule has 0 amide bonds. The Hall–Kier alpha value is -1.95. The normalized spacial score (nSPS) is 21.9. The predicted octanol–water partition coefficient (Wildman–Crippen LogP) is 3.75. The molecule has 3 aromatic rings. The molecule has 5 rings (SSSR count). The number of pyridine rings is 2. The summed E-state index contributed by atoms with van der Waals surface area (Å²) in [4.78, 5) is 9.38. The lowest BCUT2D eigenvalue weighted by Gasteiger charge is -2.33. The first-order valence-electron chi connectivity index (χ1n) is 9.64. The molecule has 1 atom stereocenters. The summed E-state index contributed by atoms with van der Waals surface area (Å²) in [5.41, 5.74) is 3.98. The summed E-state index contributed by atoms with van der Waals surface area (Å²) >= 11 is 6.16. The summed E-state index contributed by atoms with van der Waals surface area (Å²) in [6.45, 7) is 2.98. The van der Waals surface area contributed by atoms with Gasteiger partial charge in [0.15, 0.2) is 0 Å². The van der Waals surface area contributed by atoms with Crippen molar-refractivity contribution < 1.29 is 4.74 Å². The first-order valence-corrected chi connectivity index (χ1v) is 10.0. The highest BCUT2D eigenvalue weighted by atomic mass is 35.5. The first-order chi connectivity index (χ1) is 13.2. The van der Waals surface area contributed by atoms with E-state index in [9.17, 15) is 0 Å². The van der Waals surface area contributed by atoms with Crippen LogP contribution in [0.25, 0.3) is 17.0 Å². The van der Waals surface area contributed by atoms with Crippen molar-refractivity contribution >= 4 is 17.2 Å². The van der Waals surface area contributed by atoms with Crippen molar-refractivity contribution in [2.75, 3.05) is 19.7 Å². The maximum atomic E-state index is 6.24. The van der Waals surface area contributed by atoms with Gasteiger partial charge in [-0.3, -0.25) is 9.38 Å². The molecular formula is C21H23ClN4O. The number of fused-ring (bicyclic) bond motifs is 1. The molecule has 5 heterocycles. The Balaban J connectivity index is 1.37. The number of hydrogen-bond donors (Lipinski definition) is 1. The van der Waals surface area contributed by atoms with Gasteiger partial charge in [0.05, 0.1) is 34.8 Å². The molecule has 27 heavy (non-hydrogen) atoms. The number of piperidine rings is 1. The van der Waals surface area contributed by atoms with E-state index in [0.29, 0.717) is 10.9 Å². The summed E-state index contributed by atoms with van der Waals surface area (Å²) < 4.78 is 8.24. The Morgan fingerprint density at radius 3 is 3.00 bits per heavy atom. The highest BCUT2D eigenvalue weighted by molar-refractivity contribution is 6.30. The highest BCUT2D eigenvalue weighted by Gasteiger charge is 2.41. The van der Waals surface area contributed by atoms with Crippen LogP contribution < -0.4 is 5.32 Å². The van der Waals surface area contributed by atoms with Crippen LogP contribution in [0.2, 0.25) is 5.02 Å². The zero-order valence-electron chi connectivity index (χ0n) is 15.2. The van der Waals surface area contributed by atoms with Crippen molar-refractivity contribution in [3.8, 4) is 11.4 Å². The summed E-state index contributed by atoms with van der Waals surface area (Å²) in [6.07, 6.45) is 8.10. The summed E-state index contributed by atoms with van der Waals surface area (Å²) in [5, 5.41) is 4.12. The van der Waals surface area contributed by atoms with Crippen LogP contribution in [0.15, 0.2) is 42.7 Å². The van der Waals surface area contributed by atoms with Crippen molar-refractivity contribution in [3.05, 3.63) is 53.4 Å². The Morgan fingerprint density at radius 2 is 2.11 bits per heavy atom. The zero-order chi connectivity index (χ0) is 18.3. The van der Waals surface area contributed by atoms with Crippen LogP contribution in [-0.2, 0) is 11.2 Å². The maximum absolute atomic E-state index is 6.24. The van der Waals surface area contributed by atoms with E-state index in [-0.39, 0.29) is 5.60 Å². The van der Waals surface area contributed by atoms with E-state index in [4.69, 9.17) is 21.3 Å². The number of aromatic nitrogens is 3. The SMILES string of the molecule is Clc1ccc2ncc(-c3cccc(CC4COC5(CCNCC5)C4)n3)n2c1. The van der Waals surface area contributed by atoms with E-state index in [1.165, 1.54) is 0 Å². The lowest BCUT2D eigenvalue weighted by atomic mass is 9.85. The second-order valence-electron chi connectivity index (χ2n) is 7.75. The van der Waals surface area contributed by atoms with Gasteiger partial charge in [0.1, 0.15) is 5.65 Å². The smallest absolute Gasteiger partial charge is 0.137 e. The number of halogens is 1. The predicted molar refractivity (Wildman–Crippen MR) is 106 cm³/mol. The van der Waals surface area contributed by atoms with Crippen molar-refractivity contribution in [2.24, 2.45) is 5.92 Å². The lowest BCUT2D eigenvalue weighted by molar-refractivity contribution is -0.0196. The lowest BCUT2D eigenvalue weighted by Crippen LogP contribution is -2.41. The topological polar surface area (TPSA) is 51.5 Å². The van der Waals surface area contributed by atoms with Gasteiger partial charge in [-0.2, -0.15) is 0 Å². The van der Waals surface area contributed by atoms with Gasteiger partial charge in [0.2, 0.25) is 0 Å². The van der Waals surface area contributed by atoms with Crippen LogP contribution in [0.3, 0.4) is 0 Å². The van der Waals surface area contributed by atoms with Crippen molar-refractivity contribution in [2.45, 2.75) is 31.3 Å². The molecule has 5 nitrogen and oxygen atoms in total. The van der Waals surface area contributed by atoms with Crippen molar-refractivity contribution in [1.82, 2.24) is 19.7 Å². The molecule has 6 heteroatoms. The molecule has 1 unspecified atom stereocenters. The van der Waals surface area contributed by atoms with Gasteiger partial charge in [0, 0.05) is 11.9 Å². The molecule has 0 radical (unpaired) electrons. The first kappa shape index (κ1) is 17.2. The summed E-state index contributed by atoms with van der Waals surface area (Å²) in [5.74, 6) is 0.544. The van der Waals surface area contributed by atoms with Gasteiger partial charge in [0.25, 0.3) is 0 Å². The Morgan fingerprint density at radius 1 is 1.22 bits per heavy atom. The largest absolute Gasteiger partial charge is 0.375 e. The van der Waals surface area contributed by atoms with Gasteiger partial charge < -0.3 is 10.1 Å². The molecule has 0 bridgehead atoms. The van der Waals surface area contributed by atoms with Gasteiger partial charge >= 0.3 is 0 Å². The molecule has 3 aromatic heterocycles. The molecule has 0 saturated carbocycles. The van der Waals surface area contributed by atoms with Crippen molar-refractivity contribution in [3.63, 3.8) is 0 Å². The standard InChI is InChI=1S/C21H23ClN4O/c22-16-4-5-20-24-12-19(26(20)13-16)18-3-1-2-17(25-18)10-15-11-21(27-14-15)6-8-23-9-7-21/h1-5,12-13,15,23H,6-11,14H2. The molecule has 2 aliphatic rings. The molecule has 1 N–H and O–H groups in total. The second-order valence-corrected chi connectivity index (χ2v) is 8.19. The fourth-order valence-corrected chi connectivity index (χ4v) is 4.64. The molecule has 2 aliphatic heterocycles. The third-order valence-corrected chi connectivity index (χ3v) is 6.06. The Bertz CT molecular complexity index is 964. The third-order valence-electron chi connectivity index (χ3n) is 5.84.